The van der Waals surface area contributed by atoms with Gasteiger partial charge >= 0.3 is 5.97 Å². The Morgan fingerprint density at radius 2 is 2.04 bits per heavy atom. The highest BCUT2D eigenvalue weighted by Gasteiger charge is 2.25. The van der Waals surface area contributed by atoms with E-state index in [1.807, 2.05) is 18.7 Å². The van der Waals surface area contributed by atoms with E-state index in [1.165, 1.54) is 18.4 Å². The van der Waals surface area contributed by atoms with Crippen LogP contribution in [0.25, 0.3) is 0 Å². The molecule has 0 aliphatic carbocycles. The second-order valence-electron chi connectivity index (χ2n) is 5.93. The summed E-state index contributed by atoms with van der Waals surface area (Å²) >= 11 is 1.39. The van der Waals surface area contributed by atoms with Crippen molar-refractivity contribution in [2.45, 2.75) is 66.0 Å². The average Bonchev–Trinajstić information content (AvgIpc) is 3.00. The second kappa shape index (κ2) is 9.65. The van der Waals surface area contributed by atoms with Gasteiger partial charge < -0.3 is 9.64 Å². The SMILES string of the molecule is CCCCC(CC)C(=O)N(Cc1nc(C(=O)OC)cs1)C(C)C. The quantitative estimate of drug-likeness (QED) is 0.640. The number of carbonyl (C=O) groups excluding carboxylic acids is 2. The monoisotopic (exact) mass is 340 g/mol. The summed E-state index contributed by atoms with van der Waals surface area (Å²) in [6, 6.07) is 0.101. The van der Waals surface area contributed by atoms with Crippen molar-refractivity contribution in [3.8, 4) is 0 Å². The van der Waals surface area contributed by atoms with Gasteiger partial charge in [0.15, 0.2) is 5.69 Å². The van der Waals surface area contributed by atoms with Crippen LogP contribution in [-0.2, 0) is 16.1 Å². The summed E-state index contributed by atoms with van der Waals surface area (Å²) in [5.74, 6) is -0.188. The Balaban J connectivity index is 2.83. The fourth-order valence-corrected chi connectivity index (χ4v) is 3.19. The van der Waals surface area contributed by atoms with Gasteiger partial charge in [-0.25, -0.2) is 9.78 Å². The molecule has 0 fully saturated rings. The molecule has 0 saturated heterocycles. The van der Waals surface area contributed by atoms with E-state index in [0.717, 1.165) is 30.7 Å². The van der Waals surface area contributed by atoms with E-state index < -0.39 is 5.97 Å². The summed E-state index contributed by atoms with van der Waals surface area (Å²) in [7, 11) is 1.34. The summed E-state index contributed by atoms with van der Waals surface area (Å²) in [5.41, 5.74) is 0.307. The van der Waals surface area contributed by atoms with Crippen LogP contribution in [-0.4, -0.2) is 34.9 Å². The Morgan fingerprint density at radius 1 is 1.35 bits per heavy atom. The molecule has 0 bridgehead atoms. The third-order valence-electron chi connectivity index (χ3n) is 3.91. The number of rotatable bonds is 9. The summed E-state index contributed by atoms with van der Waals surface area (Å²) < 4.78 is 4.67. The number of carbonyl (C=O) groups is 2. The molecule has 1 amide bonds. The zero-order valence-corrected chi connectivity index (χ0v) is 15.6. The van der Waals surface area contributed by atoms with Crippen LogP contribution in [0.2, 0.25) is 0 Å². The molecule has 1 rings (SSSR count). The largest absolute Gasteiger partial charge is 0.464 e. The molecule has 1 aromatic heterocycles. The highest BCUT2D eigenvalue weighted by molar-refractivity contribution is 7.09. The van der Waals surface area contributed by atoms with Gasteiger partial charge in [0.05, 0.1) is 13.7 Å². The van der Waals surface area contributed by atoms with Crippen molar-refractivity contribution < 1.29 is 14.3 Å². The molecule has 1 atom stereocenters. The number of esters is 1. The number of hydrogen-bond donors (Lipinski definition) is 0. The first-order valence-corrected chi connectivity index (χ1v) is 9.15. The van der Waals surface area contributed by atoms with Gasteiger partial charge in [-0.05, 0) is 26.7 Å². The zero-order chi connectivity index (χ0) is 17.4. The second-order valence-corrected chi connectivity index (χ2v) is 6.87. The van der Waals surface area contributed by atoms with Crippen LogP contribution in [0, 0.1) is 5.92 Å². The molecule has 6 heteroatoms. The Kier molecular flexibility index (Phi) is 8.23. The lowest BCUT2D eigenvalue weighted by molar-refractivity contribution is -0.138. The number of thiazole rings is 1. The van der Waals surface area contributed by atoms with Crippen LogP contribution in [0.5, 0.6) is 0 Å². The van der Waals surface area contributed by atoms with Crippen molar-refractivity contribution in [1.82, 2.24) is 9.88 Å². The predicted octanol–water partition coefficient (Wildman–Crippen LogP) is 3.88. The van der Waals surface area contributed by atoms with Gasteiger partial charge in [0, 0.05) is 17.3 Å². The van der Waals surface area contributed by atoms with Crippen LogP contribution in [0.1, 0.15) is 68.9 Å². The van der Waals surface area contributed by atoms with Crippen LogP contribution in [0.4, 0.5) is 0 Å². The van der Waals surface area contributed by atoms with Gasteiger partial charge in [-0.2, -0.15) is 0 Å². The summed E-state index contributed by atoms with van der Waals surface area (Å²) in [6.45, 7) is 8.68. The molecular formula is C17H28N2O3S. The van der Waals surface area contributed by atoms with E-state index in [1.54, 1.807) is 5.38 Å². The molecule has 0 radical (unpaired) electrons. The first-order valence-electron chi connectivity index (χ1n) is 8.27. The van der Waals surface area contributed by atoms with Gasteiger partial charge in [0.1, 0.15) is 5.01 Å². The topological polar surface area (TPSA) is 59.5 Å². The number of hydrogen-bond acceptors (Lipinski definition) is 5. The molecule has 0 N–H and O–H groups in total. The van der Waals surface area contributed by atoms with E-state index in [0.29, 0.717) is 12.2 Å². The van der Waals surface area contributed by atoms with Crippen LogP contribution in [0.3, 0.4) is 0 Å². The van der Waals surface area contributed by atoms with E-state index in [9.17, 15) is 9.59 Å². The Hall–Kier alpha value is -1.43. The Bertz CT molecular complexity index is 514. The van der Waals surface area contributed by atoms with Crippen LogP contribution < -0.4 is 0 Å². The number of nitrogens with zero attached hydrogens (tertiary/aromatic N) is 2. The van der Waals surface area contributed by atoms with Crippen molar-refractivity contribution in [3.05, 3.63) is 16.1 Å². The minimum absolute atomic E-state index is 0.0670. The molecule has 0 saturated carbocycles. The zero-order valence-electron chi connectivity index (χ0n) is 14.8. The van der Waals surface area contributed by atoms with E-state index in [-0.39, 0.29) is 17.9 Å². The van der Waals surface area contributed by atoms with Gasteiger partial charge in [0.25, 0.3) is 0 Å². The molecule has 0 aromatic carbocycles. The molecule has 1 unspecified atom stereocenters. The lowest BCUT2D eigenvalue weighted by atomic mass is 9.97. The Morgan fingerprint density at radius 3 is 2.57 bits per heavy atom. The van der Waals surface area contributed by atoms with Crippen molar-refractivity contribution in [2.75, 3.05) is 7.11 Å². The first-order chi connectivity index (χ1) is 10.9. The third kappa shape index (κ3) is 5.61. The van der Waals surface area contributed by atoms with Crippen LogP contribution >= 0.6 is 11.3 Å². The fourth-order valence-electron chi connectivity index (χ4n) is 2.43. The third-order valence-corrected chi connectivity index (χ3v) is 4.74. The minimum atomic E-state index is -0.440. The minimum Gasteiger partial charge on any atom is -0.464 e. The lowest BCUT2D eigenvalue weighted by Crippen LogP contribution is -2.40. The smallest absolute Gasteiger partial charge is 0.357 e. The molecule has 5 nitrogen and oxygen atoms in total. The summed E-state index contributed by atoms with van der Waals surface area (Å²) in [4.78, 5) is 30.5. The highest BCUT2D eigenvalue weighted by atomic mass is 32.1. The van der Waals surface area contributed by atoms with Crippen molar-refractivity contribution in [3.63, 3.8) is 0 Å². The average molecular weight is 340 g/mol. The van der Waals surface area contributed by atoms with Crippen molar-refractivity contribution in [2.24, 2.45) is 5.92 Å². The maximum atomic E-state index is 12.8. The van der Waals surface area contributed by atoms with Crippen LogP contribution in [0.15, 0.2) is 5.38 Å². The van der Waals surface area contributed by atoms with E-state index in [4.69, 9.17) is 0 Å². The first kappa shape index (κ1) is 19.6. The number of unbranched alkanes of at least 4 members (excludes halogenated alkanes) is 1. The molecule has 0 spiro atoms. The maximum absolute atomic E-state index is 12.8. The molecule has 1 aromatic rings. The van der Waals surface area contributed by atoms with Gasteiger partial charge in [-0.1, -0.05) is 26.7 Å². The fraction of sp³-hybridized carbons (Fsp3) is 0.706. The van der Waals surface area contributed by atoms with Gasteiger partial charge in [0.2, 0.25) is 5.91 Å². The van der Waals surface area contributed by atoms with E-state index in [2.05, 4.69) is 23.6 Å². The standard InChI is InChI=1S/C17H28N2O3S/c1-6-8-9-13(7-2)16(20)19(12(3)4)10-15-18-14(11-23-15)17(21)22-5/h11-13H,6-10H2,1-5H3. The molecular weight excluding hydrogens is 312 g/mol. The summed E-state index contributed by atoms with van der Waals surface area (Å²) in [5, 5.41) is 2.44. The maximum Gasteiger partial charge on any atom is 0.357 e. The number of amides is 1. The van der Waals surface area contributed by atoms with Crippen molar-refractivity contribution >= 4 is 23.2 Å². The number of aromatic nitrogens is 1. The van der Waals surface area contributed by atoms with Gasteiger partial charge in [-0.3, -0.25) is 4.79 Å². The molecule has 130 valence electrons. The molecule has 23 heavy (non-hydrogen) atoms. The van der Waals surface area contributed by atoms with E-state index >= 15 is 0 Å². The molecule has 0 aliphatic heterocycles. The highest BCUT2D eigenvalue weighted by Crippen LogP contribution is 2.21. The Labute approximate surface area is 143 Å². The van der Waals surface area contributed by atoms with Gasteiger partial charge in [-0.15, -0.1) is 11.3 Å². The molecule has 1 heterocycles. The normalized spacial score (nSPS) is 12.3. The number of ether oxygens (including phenoxy) is 1. The summed E-state index contributed by atoms with van der Waals surface area (Å²) in [6.07, 6.45) is 3.95. The lowest BCUT2D eigenvalue weighted by Gasteiger charge is -2.29. The molecule has 0 aliphatic rings. The van der Waals surface area contributed by atoms with Crippen molar-refractivity contribution in [1.29, 1.82) is 0 Å². The number of methoxy groups -OCH3 is 1. The predicted molar refractivity (Wildman–Crippen MR) is 92.4 cm³/mol.